The molecule has 0 bridgehead atoms. The zero-order valence-corrected chi connectivity index (χ0v) is 28.6. The van der Waals surface area contributed by atoms with Crippen LogP contribution in [-0.2, 0) is 0 Å². The molecular weight excluding hydrogens is 647 g/mol. The summed E-state index contributed by atoms with van der Waals surface area (Å²) in [4.78, 5) is 10.7. The third-order valence-corrected chi connectivity index (χ3v) is 10.7. The van der Waals surface area contributed by atoms with Gasteiger partial charge in [-0.1, -0.05) is 146 Å². The van der Waals surface area contributed by atoms with Crippen LogP contribution in [0.25, 0.3) is 76.2 Å². The highest BCUT2D eigenvalue weighted by Crippen LogP contribution is 2.39. The molecule has 0 aliphatic carbocycles. The smallest absolute Gasteiger partial charge is 0.159 e. The standard InChI is InChI=1S/C49H31N3O/c1-2-13-32-27-35(24-23-30(32)11-1)47-50-48(52-49(51-47)42-28-33-14-4-6-17-38(33)39-18-7-8-19-40(39)42)41-21-10-22-45-46(41)43-29-34(25-26-44(43)53-45)37-20-9-15-31-12-3-5-16-36(31)37/h1-29,48H,(H,50,51,52). The first-order valence-electron chi connectivity index (χ1n) is 18.0. The number of furan rings is 1. The molecule has 53 heavy (non-hydrogen) atoms. The van der Waals surface area contributed by atoms with E-state index in [-0.39, 0.29) is 0 Å². The van der Waals surface area contributed by atoms with Crippen LogP contribution in [0.2, 0.25) is 0 Å². The lowest BCUT2D eigenvalue weighted by Crippen LogP contribution is -2.33. The molecule has 0 radical (unpaired) electrons. The number of nitrogens with one attached hydrogen (secondary N) is 1. The lowest BCUT2D eigenvalue weighted by Gasteiger charge is -2.25. The predicted molar refractivity (Wildman–Crippen MR) is 221 cm³/mol. The van der Waals surface area contributed by atoms with E-state index in [0.29, 0.717) is 5.84 Å². The van der Waals surface area contributed by atoms with Crippen molar-refractivity contribution in [3.05, 3.63) is 193 Å². The summed E-state index contributed by atoms with van der Waals surface area (Å²) in [6.07, 6.45) is -0.431. The molecule has 4 heteroatoms. The highest BCUT2D eigenvalue weighted by atomic mass is 16.3. The zero-order valence-electron chi connectivity index (χ0n) is 28.6. The van der Waals surface area contributed by atoms with E-state index in [4.69, 9.17) is 14.4 Å². The van der Waals surface area contributed by atoms with Crippen LogP contribution in [0.15, 0.2) is 190 Å². The van der Waals surface area contributed by atoms with Crippen molar-refractivity contribution in [2.75, 3.05) is 0 Å². The van der Waals surface area contributed by atoms with Gasteiger partial charge in [0.25, 0.3) is 0 Å². The number of aliphatic imine (C=N–C) groups is 2. The molecule has 2 heterocycles. The van der Waals surface area contributed by atoms with Gasteiger partial charge < -0.3 is 9.73 Å². The van der Waals surface area contributed by atoms with Gasteiger partial charge in [-0.25, -0.2) is 9.98 Å². The fourth-order valence-electron chi connectivity index (χ4n) is 8.18. The van der Waals surface area contributed by atoms with Crippen LogP contribution >= 0.6 is 0 Å². The number of amidine groups is 2. The molecule has 0 fully saturated rings. The molecule has 4 nitrogen and oxygen atoms in total. The first kappa shape index (κ1) is 29.7. The van der Waals surface area contributed by atoms with Crippen LogP contribution < -0.4 is 5.32 Å². The van der Waals surface area contributed by atoms with Crippen LogP contribution in [0, 0.1) is 0 Å². The Hall–Kier alpha value is -7.04. The fourth-order valence-corrected chi connectivity index (χ4v) is 8.18. The summed E-state index contributed by atoms with van der Waals surface area (Å²) in [6, 6.07) is 62.2. The van der Waals surface area contributed by atoms with Crippen LogP contribution in [0.3, 0.4) is 0 Å². The molecule has 0 spiro atoms. The number of benzene rings is 9. The minimum absolute atomic E-state index is 0.431. The van der Waals surface area contributed by atoms with Crippen molar-refractivity contribution in [2.24, 2.45) is 9.98 Å². The second kappa shape index (κ2) is 11.8. The van der Waals surface area contributed by atoms with Crippen LogP contribution in [0.5, 0.6) is 0 Å². The maximum atomic E-state index is 6.53. The van der Waals surface area contributed by atoms with Crippen molar-refractivity contribution in [2.45, 2.75) is 6.17 Å². The molecule has 248 valence electrons. The molecule has 1 atom stereocenters. The van der Waals surface area contributed by atoms with Gasteiger partial charge in [-0.2, -0.15) is 0 Å². The largest absolute Gasteiger partial charge is 0.456 e. The molecule has 1 aliphatic rings. The summed E-state index contributed by atoms with van der Waals surface area (Å²) in [5, 5.41) is 15.4. The second-order valence-corrected chi connectivity index (χ2v) is 13.8. The zero-order chi connectivity index (χ0) is 34.9. The minimum Gasteiger partial charge on any atom is -0.456 e. The van der Waals surface area contributed by atoms with E-state index in [0.717, 1.165) is 60.8 Å². The average molecular weight is 678 g/mol. The summed E-state index contributed by atoms with van der Waals surface area (Å²) in [5.41, 5.74) is 7.07. The quantitative estimate of drug-likeness (QED) is 0.189. The van der Waals surface area contributed by atoms with Gasteiger partial charge in [0.1, 0.15) is 23.2 Å². The molecule has 1 aromatic heterocycles. The Kier molecular flexibility index (Phi) is 6.58. The third-order valence-electron chi connectivity index (χ3n) is 10.7. The number of hydrogen-bond acceptors (Lipinski definition) is 4. The number of nitrogens with zero attached hydrogens (tertiary/aromatic N) is 2. The van der Waals surface area contributed by atoms with Gasteiger partial charge in [0.2, 0.25) is 0 Å². The lowest BCUT2D eigenvalue weighted by atomic mass is 9.95. The third kappa shape index (κ3) is 4.84. The van der Waals surface area contributed by atoms with Crippen molar-refractivity contribution in [3.8, 4) is 11.1 Å². The Balaban J connectivity index is 1.13. The van der Waals surface area contributed by atoms with E-state index in [1.54, 1.807) is 0 Å². The Bertz CT molecular complexity index is 3160. The van der Waals surface area contributed by atoms with Crippen molar-refractivity contribution < 1.29 is 4.42 Å². The summed E-state index contributed by atoms with van der Waals surface area (Å²) in [5.74, 6) is 1.48. The van der Waals surface area contributed by atoms with Crippen molar-refractivity contribution in [1.29, 1.82) is 0 Å². The Labute approximate surface area is 305 Å². The molecular formula is C49H31N3O. The number of rotatable bonds is 4. The van der Waals surface area contributed by atoms with Gasteiger partial charge in [0.05, 0.1) is 0 Å². The summed E-state index contributed by atoms with van der Waals surface area (Å²) in [7, 11) is 0. The van der Waals surface area contributed by atoms with Gasteiger partial charge in [-0.3, -0.25) is 0 Å². The molecule has 10 aromatic rings. The minimum atomic E-state index is -0.431. The van der Waals surface area contributed by atoms with Gasteiger partial charge >= 0.3 is 0 Å². The van der Waals surface area contributed by atoms with Crippen molar-refractivity contribution >= 4 is 76.7 Å². The number of hydrogen-bond donors (Lipinski definition) is 1. The summed E-state index contributed by atoms with van der Waals surface area (Å²) in [6.45, 7) is 0. The van der Waals surface area contributed by atoms with E-state index in [9.17, 15) is 0 Å². The first-order chi connectivity index (χ1) is 26.2. The first-order valence-corrected chi connectivity index (χ1v) is 18.0. The van der Waals surface area contributed by atoms with E-state index < -0.39 is 6.17 Å². The maximum absolute atomic E-state index is 6.53. The van der Waals surface area contributed by atoms with E-state index in [2.05, 4.69) is 181 Å². The van der Waals surface area contributed by atoms with Gasteiger partial charge in [0.15, 0.2) is 5.84 Å². The van der Waals surface area contributed by atoms with E-state index in [1.807, 2.05) is 0 Å². The molecule has 1 aliphatic heterocycles. The van der Waals surface area contributed by atoms with Crippen molar-refractivity contribution in [3.63, 3.8) is 0 Å². The predicted octanol–water partition coefficient (Wildman–Crippen LogP) is 12.4. The van der Waals surface area contributed by atoms with E-state index >= 15 is 0 Å². The van der Waals surface area contributed by atoms with Crippen LogP contribution in [0.4, 0.5) is 0 Å². The Morgan fingerprint density at radius 2 is 1.13 bits per heavy atom. The molecule has 11 rings (SSSR count). The SMILES string of the molecule is c1ccc2cc(C3=NC(c4cccc5oc6ccc(-c7cccc8ccccc78)cc6c45)NC(c4cc5ccccc5c5ccccc45)=N3)ccc2c1. The van der Waals surface area contributed by atoms with Gasteiger partial charge in [0, 0.05) is 27.5 Å². The topological polar surface area (TPSA) is 49.9 Å². The van der Waals surface area contributed by atoms with Crippen LogP contribution in [0.1, 0.15) is 22.9 Å². The normalized spacial score (nSPS) is 14.6. The highest BCUT2D eigenvalue weighted by molar-refractivity contribution is 6.22. The molecule has 0 saturated carbocycles. The number of fused-ring (bicyclic) bond motifs is 8. The fraction of sp³-hybridized carbons (Fsp3) is 0.0204. The Morgan fingerprint density at radius 3 is 2.02 bits per heavy atom. The molecule has 0 amide bonds. The Morgan fingerprint density at radius 1 is 0.434 bits per heavy atom. The average Bonchev–Trinajstić information content (AvgIpc) is 3.61. The van der Waals surface area contributed by atoms with Crippen LogP contribution in [-0.4, -0.2) is 11.7 Å². The molecule has 9 aromatic carbocycles. The highest BCUT2D eigenvalue weighted by Gasteiger charge is 2.26. The maximum Gasteiger partial charge on any atom is 0.159 e. The molecule has 1 N–H and O–H groups in total. The monoisotopic (exact) mass is 677 g/mol. The molecule has 0 saturated heterocycles. The van der Waals surface area contributed by atoms with Crippen molar-refractivity contribution in [1.82, 2.24) is 5.32 Å². The van der Waals surface area contributed by atoms with Gasteiger partial charge in [-0.15, -0.1) is 0 Å². The lowest BCUT2D eigenvalue weighted by molar-refractivity contribution is 0.662. The second-order valence-electron chi connectivity index (χ2n) is 13.8. The molecule has 1 unspecified atom stereocenters. The van der Waals surface area contributed by atoms with Gasteiger partial charge in [-0.05, 0) is 84.5 Å². The van der Waals surface area contributed by atoms with E-state index in [1.165, 1.54) is 37.9 Å². The summed E-state index contributed by atoms with van der Waals surface area (Å²) >= 11 is 0. The summed E-state index contributed by atoms with van der Waals surface area (Å²) < 4.78 is 6.53.